The Kier molecular flexibility index (Phi) is 6.70. The van der Waals surface area contributed by atoms with Gasteiger partial charge in [-0.1, -0.05) is 48.5 Å². The second-order valence-corrected chi connectivity index (χ2v) is 9.18. The van der Waals surface area contributed by atoms with Gasteiger partial charge in [0.25, 0.3) is 5.91 Å². The summed E-state index contributed by atoms with van der Waals surface area (Å²) in [6.45, 7) is 4.29. The van der Waals surface area contributed by atoms with Crippen LogP contribution in [0.15, 0.2) is 97.3 Å². The van der Waals surface area contributed by atoms with Gasteiger partial charge in [-0.05, 0) is 47.5 Å². The van der Waals surface area contributed by atoms with Gasteiger partial charge in [-0.3, -0.25) is 4.79 Å². The van der Waals surface area contributed by atoms with Gasteiger partial charge >= 0.3 is 0 Å². The number of fused-ring (bicyclic) bond motifs is 1. The van der Waals surface area contributed by atoms with Gasteiger partial charge in [-0.15, -0.1) is 0 Å². The first-order chi connectivity index (χ1) is 18.7. The molecule has 0 aliphatic carbocycles. The number of anilines is 2. The van der Waals surface area contributed by atoms with Crippen LogP contribution in [0.5, 0.6) is 5.75 Å². The molecule has 38 heavy (non-hydrogen) atoms. The number of rotatable bonds is 7. The molecule has 0 bridgehead atoms. The number of carbonyl (C=O) groups excluding carboxylic acids is 1. The number of ether oxygens (including phenoxy) is 1. The van der Waals surface area contributed by atoms with Gasteiger partial charge in [0.05, 0.1) is 6.20 Å². The smallest absolute Gasteiger partial charge is 0.274 e. The van der Waals surface area contributed by atoms with E-state index in [0.717, 1.165) is 60.0 Å². The summed E-state index contributed by atoms with van der Waals surface area (Å²) in [6, 6.07) is 27.5. The Morgan fingerprint density at radius 1 is 0.947 bits per heavy atom. The molecule has 1 aliphatic rings. The third-order valence-electron chi connectivity index (χ3n) is 6.60. The highest BCUT2D eigenvalue weighted by molar-refractivity contribution is 6.03. The molecular weight excluding hydrogens is 476 g/mol. The van der Waals surface area contributed by atoms with Gasteiger partial charge in [0.1, 0.15) is 18.1 Å². The van der Waals surface area contributed by atoms with Crippen LogP contribution < -0.4 is 20.3 Å². The first-order valence-electron chi connectivity index (χ1n) is 12.7. The second kappa shape index (κ2) is 10.7. The molecule has 1 saturated heterocycles. The number of hydrogen-bond acceptors (Lipinski definition) is 6. The predicted octanol–water partition coefficient (Wildman–Crippen LogP) is 4.64. The highest BCUT2D eigenvalue weighted by Crippen LogP contribution is 2.25. The highest BCUT2D eigenvalue weighted by Gasteiger charge is 2.15. The summed E-state index contributed by atoms with van der Waals surface area (Å²) in [7, 11) is 0. The average Bonchev–Trinajstić information content (AvgIpc) is 3.41. The fourth-order valence-corrected chi connectivity index (χ4v) is 4.56. The Hall–Kier alpha value is -4.69. The monoisotopic (exact) mass is 504 g/mol. The van der Waals surface area contributed by atoms with Crippen molar-refractivity contribution in [1.29, 1.82) is 0 Å². The van der Waals surface area contributed by atoms with Crippen LogP contribution in [0.3, 0.4) is 0 Å². The fraction of sp³-hybridized carbons (Fsp3) is 0.167. The third kappa shape index (κ3) is 5.21. The molecule has 0 radical (unpaired) electrons. The summed E-state index contributed by atoms with van der Waals surface area (Å²) in [6.07, 6.45) is 3.54. The molecule has 6 rings (SSSR count). The van der Waals surface area contributed by atoms with Crippen LogP contribution >= 0.6 is 0 Å². The quantitative estimate of drug-likeness (QED) is 0.336. The highest BCUT2D eigenvalue weighted by atomic mass is 16.5. The molecule has 0 saturated carbocycles. The molecule has 2 aromatic heterocycles. The lowest BCUT2D eigenvalue weighted by atomic mass is 10.1. The summed E-state index contributed by atoms with van der Waals surface area (Å²) >= 11 is 0. The summed E-state index contributed by atoms with van der Waals surface area (Å²) in [4.78, 5) is 20.1. The van der Waals surface area contributed by atoms with Crippen molar-refractivity contribution >= 4 is 22.9 Å². The van der Waals surface area contributed by atoms with E-state index < -0.39 is 0 Å². The second-order valence-electron chi connectivity index (χ2n) is 9.18. The Bertz CT molecular complexity index is 1540. The molecule has 8 heteroatoms. The van der Waals surface area contributed by atoms with Crippen molar-refractivity contribution in [3.8, 4) is 16.9 Å². The lowest BCUT2D eigenvalue weighted by molar-refractivity contribution is 0.102. The molecule has 2 N–H and O–H groups in total. The third-order valence-corrected chi connectivity index (χ3v) is 6.60. The molecule has 3 heterocycles. The minimum absolute atomic E-state index is 0.259. The largest absolute Gasteiger partial charge is 0.489 e. The van der Waals surface area contributed by atoms with Gasteiger partial charge in [0, 0.05) is 49.3 Å². The van der Waals surface area contributed by atoms with Gasteiger partial charge in [-0.2, -0.15) is 5.10 Å². The number of benzene rings is 3. The zero-order valence-electron chi connectivity index (χ0n) is 20.9. The predicted molar refractivity (Wildman–Crippen MR) is 149 cm³/mol. The van der Waals surface area contributed by atoms with E-state index >= 15 is 0 Å². The Morgan fingerprint density at radius 2 is 1.76 bits per heavy atom. The summed E-state index contributed by atoms with van der Waals surface area (Å²) in [5, 5.41) is 10.8. The van der Waals surface area contributed by atoms with Crippen LogP contribution in [0.25, 0.3) is 16.8 Å². The minimum Gasteiger partial charge on any atom is -0.489 e. The number of para-hydroxylation sites is 1. The zero-order valence-corrected chi connectivity index (χ0v) is 20.9. The maximum Gasteiger partial charge on any atom is 0.274 e. The van der Waals surface area contributed by atoms with Crippen LogP contribution in [0.4, 0.5) is 11.4 Å². The van der Waals surface area contributed by atoms with Gasteiger partial charge < -0.3 is 20.3 Å². The van der Waals surface area contributed by atoms with Crippen LogP contribution in [0, 0.1) is 0 Å². The van der Waals surface area contributed by atoms with E-state index in [1.807, 2.05) is 72.8 Å². The van der Waals surface area contributed by atoms with E-state index in [4.69, 9.17) is 4.74 Å². The lowest BCUT2D eigenvalue weighted by Crippen LogP contribution is -2.43. The summed E-state index contributed by atoms with van der Waals surface area (Å²) in [5.74, 6) is 0.579. The van der Waals surface area contributed by atoms with Crippen LogP contribution in [0.2, 0.25) is 0 Å². The fourth-order valence-electron chi connectivity index (χ4n) is 4.56. The number of nitrogens with one attached hydrogen (secondary N) is 2. The number of hydrogen-bond donors (Lipinski definition) is 2. The average molecular weight is 505 g/mol. The van der Waals surface area contributed by atoms with E-state index in [1.165, 1.54) is 0 Å². The van der Waals surface area contributed by atoms with Crippen molar-refractivity contribution in [3.63, 3.8) is 0 Å². The number of carbonyl (C=O) groups is 1. The standard InChI is InChI=1S/C30H28N6O2/c37-30(33-24-5-4-6-25(19-24)35-17-14-31-15-18-35)28-13-16-36-29(34-28)27(20-32-36)23-11-9-22(10-12-23)21-38-26-7-2-1-3-8-26/h1-13,16,19-20,31H,14-15,17-18,21H2,(H,33,37). The van der Waals surface area contributed by atoms with Crippen LogP contribution in [-0.2, 0) is 6.61 Å². The zero-order chi connectivity index (χ0) is 25.7. The van der Waals surface area contributed by atoms with Crippen molar-refractivity contribution in [1.82, 2.24) is 19.9 Å². The SMILES string of the molecule is O=C(Nc1cccc(N2CCNCC2)c1)c1ccn2ncc(-c3ccc(COc4ccccc4)cc3)c2n1. The van der Waals surface area contributed by atoms with Gasteiger partial charge in [0.15, 0.2) is 5.65 Å². The van der Waals surface area contributed by atoms with E-state index in [0.29, 0.717) is 17.9 Å². The molecule has 8 nitrogen and oxygen atoms in total. The number of nitrogens with zero attached hydrogens (tertiary/aromatic N) is 4. The van der Waals surface area contributed by atoms with Crippen molar-refractivity contribution in [2.75, 3.05) is 36.4 Å². The van der Waals surface area contributed by atoms with Gasteiger partial charge in [0.2, 0.25) is 0 Å². The lowest BCUT2D eigenvalue weighted by Gasteiger charge is -2.29. The van der Waals surface area contributed by atoms with E-state index in [9.17, 15) is 4.79 Å². The van der Waals surface area contributed by atoms with E-state index in [1.54, 1.807) is 23.0 Å². The summed E-state index contributed by atoms with van der Waals surface area (Å²) < 4.78 is 7.53. The molecule has 1 fully saturated rings. The van der Waals surface area contributed by atoms with Crippen molar-refractivity contribution in [3.05, 3.63) is 109 Å². The molecular formula is C30H28N6O2. The molecule has 0 unspecified atom stereocenters. The molecule has 1 aliphatic heterocycles. The minimum atomic E-state index is -0.259. The van der Waals surface area contributed by atoms with E-state index in [2.05, 4.69) is 31.7 Å². The first-order valence-corrected chi connectivity index (χ1v) is 12.7. The molecule has 3 aromatic carbocycles. The Morgan fingerprint density at radius 3 is 2.58 bits per heavy atom. The maximum absolute atomic E-state index is 13.1. The number of aromatic nitrogens is 3. The topological polar surface area (TPSA) is 83.8 Å². The molecule has 0 spiro atoms. The molecule has 1 amide bonds. The maximum atomic E-state index is 13.1. The molecule has 0 atom stereocenters. The molecule has 190 valence electrons. The Labute approximate surface area is 220 Å². The summed E-state index contributed by atoms with van der Waals surface area (Å²) in [5.41, 5.74) is 5.69. The van der Waals surface area contributed by atoms with Crippen molar-refractivity contribution < 1.29 is 9.53 Å². The number of amides is 1. The van der Waals surface area contributed by atoms with Crippen molar-refractivity contribution in [2.45, 2.75) is 6.61 Å². The normalized spacial score (nSPS) is 13.4. The molecule has 5 aromatic rings. The first kappa shape index (κ1) is 23.7. The van der Waals surface area contributed by atoms with Crippen LogP contribution in [0.1, 0.15) is 16.1 Å². The van der Waals surface area contributed by atoms with Gasteiger partial charge in [-0.25, -0.2) is 9.50 Å². The Balaban J connectivity index is 1.18. The van der Waals surface area contributed by atoms with Crippen molar-refractivity contribution in [2.24, 2.45) is 0 Å². The van der Waals surface area contributed by atoms with Crippen LogP contribution in [-0.4, -0.2) is 46.7 Å². The van der Waals surface area contributed by atoms with E-state index in [-0.39, 0.29) is 5.91 Å². The number of piperazine rings is 1.